The number of rotatable bonds is 6. The van der Waals surface area contributed by atoms with E-state index in [1.165, 1.54) is 7.11 Å². The number of amides is 1. The van der Waals surface area contributed by atoms with Gasteiger partial charge in [-0.15, -0.1) is 0 Å². The van der Waals surface area contributed by atoms with Crippen molar-refractivity contribution in [2.24, 2.45) is 0 Å². The molecule has 24 heavy (non-hydrogen) atoms. The maximum absolute atomic E-state index is 12.4. The summed E-state index contributed by atoms with van der Waals surface area (Å²) in [5, 5.41) is 13.1. The predicted octanol–water partition coefficient (Wildman–Crippen LogP) is 3.35. The summed E-state index contributed by atoms with van der Waals surface area (Å²) >= 11 is 6.02. The lowest BCUT2D eigenvalue weighted by Crippen LogP contribution is -2.45. The molecule has 2 aromatic rings. The van der Waals surface area contributed by atoms with Crippen LogP contribution >= 0.6 is 11.6 Å². The van der Waals surface area contributed by atoms with E-state index in [0.29, 0.717) is 27.7 Å². The van der Waals surface area contributed by atoms with Gasteiger partial charge in [0.25, 0.3) is 5.91 Å². The summed E-state index contributed by atoms with van der Waals surface area (Å²) in [7, 11) is -0.128. The molecular formula is C16H21ClN2O4Si. The van der Waals surface area contributed by atoms with Crippen molar-refractivity contribution in [3.8, 4) is 5.75 Å². The number of hydrogen-bond acceptors (Lipinski definition) is 3. The van der Waals surface area contributed by atoms with Gasteiger partial charge in [0.15, 0.2) is 0 Å². The number of carbonyl (C=O) groups excluding carboxylic acids is 1. The first-order chi connectivity index (χ1) is 11.1. The number of carbonyl (C=O) groups is 2. The van der Waals surface area contributed by atoms with Crippen LogP contribution in [0.4, 0.5) is 0 Å². The molecule has 0 aliphatic heterocycles. The topological polar surface area (TPSA) is 91.4 Å². The minimum absolute atomic E-state index is 0.271. The molecule has 130 valence electrons. The number of hydrogen-bond donors (Lipinski definition) is 3. The van der Waals surface area contributed by atoms with E-state index in [4.69, 9.17) is 16.3 Å². The van der Waals surface area contributed by atoms with E-state index in [2.05, 4.69) is 29.9 Å². The quantitative estimate of drug-likeness (QED) is 0.682. The number of aliphatic carboxylic acids is 1. The molecule has 6 nitrogen and oxygen atoms in total. The number of aromatic nitrogens is 1. The second-order valence-electron chi connectivity index (χ2n) is 6.88. The predicted molar refractivity (Wildman–Crippen MR) is 96.9 cm³/mol. The Kier molecular flexibility index (Phi) is 5.25. The number of carboxylic acids is 1. The Morgan fingerprint density at radius 2 is 2.00 bits per heavy atom. The zero-order chi connectivity index (χ0) is 18.1. The number of aromatic amines is 1. The monoisotopic (exact) mass is 368 g/mol. The highest BCUT2D eigenvalue weighted by molar-refractivity contribution is 6.76. The number of ether oxygens (including phenoxy) is 1. The number of H-pyrrole nitrogens is 1. The van der Waals surface area contributed by atoms with Gasteiger partial charge < -0.3 is 20.1 Å². The molecular weight excluding hydrogens is 348 g/mol. The average Bonchev–Trinajstić information content (AvgIpc) is 2.87. The molecule has 0 aliphatic carbocycles. The molecule has 2 rings (SSSR count). The maximum Gasteiger partial charge on any atom is 0.325 e. The highest BCUT2D eigenvalue weighted by Crippen LogP contribution is 2.30. The van der Waals surface area contributed by atoms with Gasteiger partial charge in [0.05, 0.1) is 12.6 Å². The molecule has 0 radical (unpaired) electrons. The Balaban J connectivity index is 2.29. The van der Waals surface area contributed by atoms with E-state index in [-0.39, 0.29) is 5.69 Å². The average molecular weight is 369 g/mol. The van der Waals surface area contributed by atoms with E-state index in [1.54, 1.807) is 18.2 Å². The minimum Gasteiger partial charge on any atom is -0.496 e. The van der Waals surface area contributed by atoms with Crippen molar-refractivity contribution in [1.82, 2.24) is 10.3 Å². The zero-order valence-electron chi connectivity index (χ0n) is 14.1. The van der Waals surface area contributed by atoms with Crippen LogP contribution in [0.2, 0.25) is 30.7 Å². The van der Waals surface area contributed by atoms with Crippen molar-refractivity contribution < 1.29 is 19.4 Å². The molecule has 0 fully saturated rings. The van der Waals surface area contributed by atoms with Crippen molar-refractivity contribution in [2.45, 2.75) is 31.7 Å². The van der Waals surface area contributed by atoms with Gasteiger partial charge in [-0.2, -0.15) is 0 Å². The van der Waals surface area contributed by atoms with Crippen LogP contribution in [-0.2, 0) is 4.79 Å². The lowest BCUT2D eigenvalue weighted by molar-refractivity contribution is -0.138. The standard InChI is InChI=1S/C16H21ClN2O4Si/c1-23-14-6-9(17)5-11-10(14)7-12(18-11)15(20)19-13(16(21)22)8-24(2,3)4/h5-7,13,18H,8H2,1-4H3,(H,19,20)(H,21,22)/t13-/m0/s1. The van der Waals surface area contributed by atoms with Crippen LogP contribution in [0.1, 0.15) is 10.5 Å². The normalized spacial score (nSPS) is 12.9. The van der Waals surface area contributed by atoms with E-state index in [9.17, 15) is 14.7 Å². The first-order valence-electron chi connectivity index (χ1n) is 7.50. The molecule has 1 atom stereocenters. The van der Waals surface area contributed by atoms with E-state index in [1.807, 2.05) is 0 Å². The van der Waals surface area contributed by atoms with Crippen LogP contribution in [-0.4, -0.2) is 43.2 Å². The lowest BCUT2D eigenvalue weighted by atomic mass is 10.2. The molecule has 0 saturated carbocycles. The first-order valence-corrected chi connectivity index (χ1v) is 11.6. The number of benzene rings is 1. The van der Waals surface area contributed by atoms with Crippen LogP contribution in [0.3, 0.4) is 0 Å². The number of fused-ring (bicyclic) bond motifs is 1. The Morgan fingerprint density at radius 1 is 1.33 bits per heavy atom. The molecule has 0 aliphatic rings. The molecule has 0 saturated heterocycles. The van der Waals surface area contributed by atoms with Gasteiger partial charge in [-0.1, -0.05) is 31.2 Å². The summed E-state index contributed by atoms with van der Waals surface area (Å²) in [6.07, 6.45) is 0. The van der Waals surface area contributed by atoms with Gasteiger partial charge in [-0.3, -0.25) is 9.59 Å². The highest BCUT2D eigenvalue weighted by Gasteiger charge is 2.28. The lowest BCUT2D eigenvalue weighted by Gasteiger charge is -2.22. The number of halogens is 1. The van der Waals surface area contributed by atoms with Gasteiger partial charge in [-0.25, -0.2) is 0 Å². The molecule has 0 spiro atoms. The fraction of sp³-hybridized carbons (Fsp3) is 0.375. The first kappa shape index (κ1) is 18.3. The summed E-state index contributed by atoms with van der Waals surface area (Å²) in [4.78, 5) is 26.8. The fourth-order valence-electron chi connectivity index (χ4n) is 2.51. The van der Waals surface area contributed by atoms with Crippen molar-refractivity contribution >= 4 is 42.5 Å². The Morgan fingerprint density at radius 3 is 2.54 bits per heavy atom. The molecule has 8 heteroatoms. The van der Waals surface area contributed by atoms with Crippen LogP contribution in [0, 0.1) is 0 Å². The van der Waals surface area contributed by atoms with Crippen LogP contribution in [0.5, 0.6) is 5.75 Å². The van der Waals surface area contributed by atoms with E-state index in [0.717, 1.165) is 0 Å². The van der Waals surface area contributed by atoms with E-state index >= 15 is 0 Å². The van der Waals surface area contributed by atoms with E-state index < -0.39 is 26.0 Å². The number of nitrogens with one attached hydrogen (secondary N) is 2. The van der Waals surface area contributed by atoms with Crippen molar-refractivity contribution in [1.29, 1.82) is 0 Å². The second kappa shape index (κ2) is 6.86. The molecule has 3 N–H and O–H groups in total. The Labute approximate surface area is 146 Å². The van der Waals surface area contributed by atoms with Gasteiger partial charge in [0, 0.05) is 18.5 Å². The summed E-state index contributed by atoms with van der Waals surface area (Å²) in [6.45, 7) is 6.18. The number of methoxy groups -OCH3 is 1. The van der Waals surface area contributed by atoms with Crippen molar-refractivity contribution in [3.63, 3.8) is 0 Å². The van der Waals surface area contributed by atoms with Crippen molar-refractivity contribution in [2.75, 3.05) is 7.11 Å². The molecule has 0 bridgehead atoms. The summed E-state index contributed by atoms with van der Waals surface area (Å²) in [5.74, 6) is -0.942. The summed E-state index contributed by atoms with van der Waals surface area (Å²) in [6, 6.07) is 4.54. The van der Waals surface area contributed by atoms with Gasteiger partial charge in [-0.05, 0) is 24.2 Å². The second-order valence-corrected chi connectivity index (χ2v) is 12.8. The largest absolute Gasteiger partial charge is 0.496 e. The third kappa shape index (κ3) is 4.30. The van der Waals surface area contributed by atoms with Gasteiger partial charge in [0.2, 0.25) is 0 Å². The molecule has 1 aromatic heterocycles. The third-order valence-corrected chi connectivity index (χ3v) is 5.40. The SMILES string of the molecule is COc1cc(Cl)cc2[nH]c(C(=O)N[C@@H](C[Si](C)(C)C)C(=O)O)cc12. The third-order valence-electron chi connectivity index (χ3n) is 3.55. The molecule has 1 heterocycles. The summed E-state index contributed by atoms with van der Waals surface area (Å²) < 4.78 is 5.26. The number of carboxylic acid groups (broad SMARTS) is 1. The minimum atomic E-state index is -1.65. The molecule has 0 unspecified atom stereocenters. The van der Waals surface area contributed by atoms with Crippen molar-refractivity contribution in [3.05, 3.63) is 28.9 Å². The van der Waals surface area contributed by atoms with Crippen LogP contribution in [0.25, 0.3) is 10.9 Å². The summed E-state index contributed by atoms with van der Waals surface area (Å²) in [5.41, 5.74) is 0.925. The highest BCUT2D eigenvalue weighted by atomic mass is 35.5. The molecule has 1 aromatic carbocycles. The maximum atomic E-state index is 12.4. The Hall–Kier alpha value is -1.99. The van der Waals surface area contributed by atoms with Gasteiger partial charge >= 0.3 is 5.97 Å². The van der Waals surface area contributed by atoms with Gasteiger partial charge in [0.1, 0.15) is 17.5 Å². The smallest absolute Gasteiger partial charge is 0.325 e. The zero-order valence-corrected chi connectivity index (χ0v) is 15.8. The van der Waals surface area contributed by atoms with Crippen LogP contribution < -0.4 is 10.1 Å². The van der Waals surface area contributed by atoms with Crippen LogP contribution in [0.15, 0.2) is 18.2 Å². The molecule has 1 amide bonds. The Bertz CT molecular complexity index is 782. The fourth-order valence-corrected chi connectivity index (χ4v) is 4.22.